The number of amides is 4. The highest BCUT2D eigenvalue weighted by molar-refractivity contribution is 6.39. The number of anilines is 1. The molecule has 1 saturated heterocycles. The van der Waals surface area contributed by atoms with Crippen LogP contribution in [0.3, 0.4) is 0 Å². The Morgan fingerprint density at radius 3 is 2.50 bits per heavy atom. The molecule has 1 fully saturated rings. The smallest absolute Gasteiger partial charge is 0.335 e. The lowest BCUT2D eigenvalue weighted by molar-refractivity contribution is -0.122. The Labute approximate surface area is 178 Å². The number of nitrogens with one attached hydrogen (secondary N) is 1. The maximum Gasteiger partial charge on any atom is 0.335 e. The summed E-state index contributed by atoms with van der Waals surface area (Å²) in [4.78, 5) is 38.6. The van der Waals surface area contributed by atoms with Crippen LogP contribution in [0.2, 0.25) is 5.02 Å². The van der Waals surface area contributed by atoms with Gasteiger partial charge < -0.3 is 9.47 Å². The van der Waals surface area contributed by atoms with Crippen LogP contribution < -0.4 is 19.7 Å². The summed E-state index contributed by atoms with van der Waals surface area (Å²) < 4.78 is 10.9. The molecule has 0 atom stereocenters. The fourth-order valence-electron chi connectivity index (χ4n) is 2.82. The first-order chi connectivity index (χ1) is 14.4. The van der Waals surface area contributed by atoms with E-state index in [1.807, 2.05) is 6.92 Å². The van der Waals surface area contributed by atoms with Crippen LogP contribution in [0.15, 0.2) is 60.7 Å². The number of hydrogen-bond donors (Lipinski definition) is 1. The molecule has 2 aromatic carbocycles. The number of halogens is 1. The third kappa shape index (κ3) is 4.52. The molecule has 0 saturated carbocycles. The van der Waals surface area contributed by atoms with E-state index in [0.29, 0.717) is 34.4 Å². The molecule has 0 radical (unpaired) electrons. The maximum atomic E-state index is 13.0. The zero-order valence-corrected chi connectivity index (χ0v) is 16.9. The highest BCUT2D eigenvalue weighted by atomic mass is 35.5. The lowest BCUT2D eigenvalue weighted by Crippen LogP contribution is -2.54. The SMILES string of the molecule is C=CCOc1ccc(Cl)cc1/C=C1\C(=O)NC(=O)N(c2ccc(OCC)cc2)C1=O. The molecule has 0 spiro atoms. The van der Waals surface area contributed by atoms with Crippen molar-refractivity contribution < 1.29 is 23.9 Å². The number of carbonyl (C=O) groups excluding carboxylic acids is 3. The number of hydrogen-bond acceptors (Lipinski definition) is 5. The minimum absolute atomic E-state index is 0.228. The molecule has 1 heterocycles. The van der Waals surface area contributed by atoms with Crippen molar-refractivity contribution in [2.75, 3.05) is 18.1 Å². The Bertz CT molecular complexity index is 1030. The Morgan fingerprint density at radius 2 is 1.83 bits per heavy atom. The fourth-order valence-corrected chi connectivity index (χ4v) is 3.00. The number of imide groups is 2. The molecule has 1 aliphatic rings. The molecule has 1 N–H and O–H groups in total. The number of barbiturate groups is 1. The van der Waals surface area contributed by atoms with Gasteiger partial charge in [-0.3, -0.25) is 14.9 Å². The second-order valence-corrected chi connectivity index (χ2v) is 6.60. The molecule has 3 rings (SSSR count). The number of nitrogens with zero attached hydrogens (tertiary/aromatic N) is 1. The Kier molecular flexibility index (Phi) is 6.54. The molecule has 0 aliphatic carbocycles. The topological polar surface area (TPSA) is 84.9 Å². The third-order valence-electron chi connectivity index (χ3n) is 4.14. The molecule has 154 valence electrons. The summed E-state index contributed by atoms with van der Waals surface area (Å²) in [5, 5.41) is 2.58. The van der Waals surface area contributed by atoms with Gasteiger partial charge in [0.05, 0.1) is 12.3 Å². The maximum absolute atomic E-state index is 13.0. The van der Waals surface area contributed by atoms with Gasteiger partial charge in [0.25, 0.3) is 11.8 Å². The Hall–Kier alpha value is -3.58. The highest BCUT2D eigenvalue weighted by Gasteiger charge is 2.37. The number of benzene rings is 2. The van der Waals surface area contributed by atoms with Crippen LogP contribution in [-0.4, -0.2) is 31.1 Å². The van der Waals surface area contributed by atoms with Crippen LogP contribution in [0.25, 0.3) is 6.08 Å². The van der Waals surface area contributed by atoms with E-state index in [-0.39, 0.29) is 12.2 Å². The first kappa shape index (κ1) is 21.1. The second-order valence-electron chi connectivity index (χ2n) is 6.17. The van der Waals surface area contributed by atoms with Gasteiger partial charge in [-0.1, -0.05) is 24.3 Å². The van der Waals surface area contributed by atoms with Crippen molar-refractivity contribution in [2.45, 2.75) is 6.92 Å². The van der Waals surface area contributed by atoms with Crippen molar-refractivity contribution in [3.8, 4) is 11.5 Å². The molecule has 0 aromatic heterocycles. The van der Waals surface area contributed by atoms with E-state index in [0.717, 1.165) is 4.90 Å². The van der Waals surface area contributed by atoms with Gasteiger partial charge in [0.1, 0.15) is 23.7 Å². The molecule has 1 aliphatic heterocycles. The molecular weight excluding hydrogens is 408 g/mol. The van der Waals surface area contributed by atoms with Crippen molar-refractivity contribution in [2.24, 2.45) is 0 Å². The number of ether oxygens (including phenoxy) is 2. The second kappa shape index (κ2) is 9.28. The van der Waals surface area contributed by atoms with Gasteiger partial charge in [-0.25, -0.2) is 9.69 Å². The summed E-state index contributed by atoms with van der Waals surface area (Å²) in [7, 11) is 0. The number of urea groups is 1. The average molecular weight is 427 g/mol. The van der Waals surface area contributed by atoms with Gasteiger partial charge in [0.15, 0.2) is 0 Å². The molecule has 0 unspecified atom stereocenters. The quantitative estimate of drug-likeness (QED) is 0.411. The zero-order chi connectivity index (χ0) is 21.7. The van der Waals surface area contributed by atoms with Crippen molar-refractivity contribution in [1.82, 2.24) is 5.32 Å². The Balaban J connectivity index is 1.98. The van der Waals surface area contributed by atoms with Crippen molar-refractivity contribution in [3.63, 3.8) is 0 Å². The Morgan fingerprint density at radius 1 is 1.10 bits per heavy atom. The fraction of sp³-hybridized carbons (Fsp3) is 0.136. The zero-order valence-electron chi connectivity index (χ0n) is 16.2. The van der Waals surface area contributed by atoms with Gasteiger partial charge >= 0.3 is 6.03 Å². The van der Waals surface area contributed by atoms with E-state index in [2.05, 4.69) is 11.9 Å². The van der Waals surface area contributed by atoms with Crippen LogP contribution in [0.1, 0.15) is 12.5 Å². The monoisotopic (exact) mass is 426 g/mol. The van der Waals surface area contributed by atoms with Gasteiger partial charge in [-0.05, 0) is 55.5 Å². The molecule has 7 nitrogen and oxygen atoms in total. The minimum atomic E-state index is -0.833. The standard InChI is InChI=1S/C22H19ClN2O5/c1-3-11-30-19-10-5-15(23)12-14(19)13-18-20(26)24-22(28)25(21(18)27)16-6-8-17(9-7-16)29-4-2/h3,5-10,12-13H,1,4,11H2,2H3,(H,24,26,28)/b18-13+. The van der Waals surface area contributed by atoms with E-state index in [9.17, 15) is 14.4 Å². The van der Waals surface area contributed by atoms with Crippen molar-refractivity contribution >= 4 is 41.2 Å². The largest absolute Gasteiger partial charge is 0.494 e. The van der Waals surface area contributed by atoms with Crippen LogP contribution in [0.4, 0.5) is 10.5 Å². The molecular formula is C22H19ClN2O5. The average Bonchev–Trinajstić information content (AvgIpc) is 2.72. The van der Waals surface area contributed by atoms with Crippen LogP contribution in [0, 0.1) is 0 Å². The van der Waals surface area contributed by atoms with E-state index in [4.69, 9.17) is 21.1 Å². The summed E-state index contributed by atoms with van der Waals surface area (Å²) in [6, 6.07) is 10.4. The van der Waals surface area contributed by atoms with E-state index in [1.54, 1.807) is 48.5 Å². The minimum Gasteiger partial charge on any atom is -0.494 e. The van der Waals surface area contributed by atoms with Crippen LogP contribution in [-0.2, 0) is 9.59 Å². The van der Waals surface area contributed by atoms with Gasteiger partial charge in [-0.2, -0.15) is 0 Å². The van der Waals surface area contributed by atoms with E-state index in [1.165, 1.54) is 6.08 Å². The first-order valence-corrected chi connectivity index (χ1v) is 9.50. The number of carbonyl (C=O) groups is 3. The normalized spacial score (nSPS) is 15.2. The van der Waals surface area contributed by atoms with Crippen LogP contribution >= 0.6 is 11.6 Å². The van der Waals surface area contributed by atoms with E-state index >= 15 is 0 Å². The molecule has 2 aromatic rings. The first-order valence-electron chi connectivity index (χ1n) is 9.12. The van der Waals surface area contributed by atoms with Gasteiger partial charge in [0.2, 0.25) is 0 Å². The lowest BCUT2D eigenvalue weighted by atomic mass is 10.1. The molecule has 30 heavy (non-hydrogen) atoms. The molecule has 8 heteroatoms. The predicted octanol–water partition coefficient (Wildman–Crippen LogP) is 3.97. The van der Waals surface area contributed by atoms with Gasteiger partial charge in [0, 0.05) is 10.6 Å². The van der Waals surface area contributed by atoms with Crippen molar-refractivity contribution in [1.29, 1.82) is 0 Å². The number of rotatable bonds is 7. The highest BCUT2D eigenvalue weighted by Crippen LogP contribution is 2.28. The van der Waals surface area contributed by atoms with Crippen LogP contribution in [0.5, 0.6) is 11.5 Å². The molecule has 4 amide bonds. The van der Waals surface area contributed by atoms with Gasteiger partial charge in [-0.15, -0.1) is 0 Å². The molecule has 0 bridgehead atoms. The predicted molar refractivity (Wildman–Crippen MR) is 114 cm³/mol. The summed E-state index contributed by atoms with van der Waals surface area (Å²) in [5.74, 6) is -0.554. The summed E-state index contributed by atoms with van der Waals surface area (Å²) in [5.41, 5.74) is 0.492. The summed E-state index contributed by atoms with van der Waals surface area (Å²) >= 11 is 6.06. The third-order valence-corrected chi connectivity index (χ3v) is 4.37. The lowest BCUT2D eigenvalue weighted by Gasteiger charge is -2.26. The van der Waals surface area contributed by atoms with Crippen molar-refractivity contribution in [3.05, 3.63) is 71.3 Å². The summed E-state index contributed by atoms with van der Waals surface area (Å²) in [6.45, 7) is 6.16. The van der Waals surface area contributed by atoms with E-state index < -0.39 is 17.8 Å². The summed E-state index contributed by atoms with van der Waals surface area (Å²) in [6.07, 6.45) is 2.91.